The lowest BCUT2D eigenvalue weighted by Crippen LogP contribution is -2.59. The SMILES string of the molecule is O=S(=O)(NC1CCC2(CC1)CN(C[C@H]1CCNC1)C2)C1CC1. The van der Waals surface area contributed by atoms with Crippen LogP contribution in [0.3, 0.4) is 0 Å². The minimum atomic E-state index is -3.01. The highest BCUT2D eigenvalue weighted by molar-refractivity contribution is 7.90. The molecule has 22 heavy (non-hydrogen) atoms. The summed E-state index contributed by atoms with van der Waals surface area (Å²) >= 11 is 0. The van der Waals surface area contributed by atoms with Gasteiger partial charge in [-0.2, -0.15) is 0 Å². The zero-order valence-electron chi connectivity index (χ0n) is 13.4. The van der Waals surface area contributed by atoms with Crippen LogP contribution in [-0.2, 0) is 10.0 Å². The third kappa shape index (κ3) is 3.21. The summed E-state index contributed by atoms with van der Waals surface area (Å²) in [5.41, 5.74) is 0.507. The molecule has 0 radical (unpaired) electrons. The molecule has 0 aromatic heterocycles. The fourth-order valence-corrected chi connectivity index (χ4v) is 6.29. The molecule has 2 saturated carbocycles. The maximum atomic E-state index is 12.0. The van der Waals surface area contributed by atoms with Gasteiger partial charge < -0.3 is 10.2 Å². The summed E-state index contributed by atoms with van der Waals surface area (Å²) in [6, 6.07) is 0.198. The maximum Gasteiger partial charge on any atom is 0.214 e. The molecule has 126 valence electrons. The highest BCUT2D eigenvalue weighted by Gasteiger charge is 2.46. The van der Waals surface area contributed by atoms with Crippen LogP contribution in [0.5, 0.6) is 0 Å². The van der Waals surface area contributed by atoms with Crippen molar-refractivity contribution in [1.29, 1.82) is 0 Å². The summed E-state index contributed by atoms with van der Waals surface area (Å²) in [6.07, 6.45) is 7.51. The zero-order valence-corrected chi connectivity index (χ0v) is 14.2. The lowest BCUT2D eigenvalue weighted by atomic mass is 9.67. The van der Waals surface area contributed by atoms with Crippen molar-refractivity contribution < 1.29 is 8.42 Å². The minimum Gasteiger partial charge on any atom is -0.316 e. The van der Waals surface area contributed by atoms with Crippen LogP contribution in [0.15, 0.2) is 0 Å². The summed E-state index contributed by atoms with van der Waals surface area (Å²) in [4.78, 5) is 2.62. The number of likely N-dealkylation sites (tertiary alicyclic amines) is 1. The van der Waals surface area contributed by atoms with Gasteiger partial charge in [0.25, 0.3) is 0 Å². The van der Waals surface area contributed by atoms with Crippen molar-refractivity contribution in [3.05, 3.63) is 0 Å². The zero-order chi connectivity index (χ0) is 15.2. The van der Waals surface area contributed by atoms with Crippen molar-refractivity contribution in [2.45, 2.75) is 56.2 Å². The summed E-state index contributed by atoms with van der Waals surface area (Å²) in [5, 5.41) is 3.37. The number of rotatable bonds is 5. The van der Waals surface area contributed by atoms with Crippen LogP contribution in [0, 0.1) is 11.3 Å². The summed E-state index contributed by atoms with van der Waals surface area (Å²) in [5.74, 6) is 0.846. The highest BCUT2D eigenvalue weighted by atomic mass is 32.2. The predicted molar refractivity (Wildman–Crippen MR) is 87.2 cm³/mol. The van der Waals surface area contributed by atoms with Gasteiger partial charge in [-0.25, -0.2) is 13.1 Å². The van der Waals surface area contributed by atoms with Gasteiger partial charge in [0.05, 0.1) is 5.25 Å². The molecule has 2 aliphatic carbocycles. The molecule has 0 unspecified atom stereocenters. The molecule has 2 heterocycles. The average Bonchev–Trinajstić information content (AvgIpc) is 3.19. The van der Waals surface area contributed by atoms with E-state index in [1.165, 1.54) is 52.0 Å². The fourth-order valence-electron chi connectivity index (χ4n) is 4.64. The Morgan fingerprint density at radius 3 is 2.41 bits per heavy atom. The Labute approximate surface area is 134 Å². The number of nitrogens with zero attached hydrogens (tertiary/aromatic N) is 1. The van der Waals surface area contributed by atoms with Crippen molar-refractivity contribution in [3.8, 4) is 0 Å². The van der Waals surface area contributed by atoms with Crippen molar-refractivity contribution >= 4 is 10.0 Å². The van der Waals surface area contributed by atoms with Gasteiger partial charge in [0.15, 0.2) is 0 Å². The fraction of sp³-hybridized carbons (Fsp3) is 1.00. The van der Waals surface area contributed by atoms with Crippen LogP contribution >= 0.6 is 0 Å². The van der Waals surface area contributed by atoms with Crippen LogP contribution in [0.1, 0.15) is 44.9 Å². The molecular weight excluding hydrogens is 298 g/mol. The molecule has 2 saturated heterocycles. The van der Waals surface area contributed by atoms with E-state index in [2.05, 4.69) is 14.9 Å². The van der Waals surface area contributed by atoms with Gasteiger partial charge in [0, 0.05) is 25.7 Å². The number of hydrogen-bond acceptors (Lipinski definition) is 4. The van der Waals surface area contributed by atoms with Gasteiger partial charge in [-0.15, -0.1) is 0 Å². The van der Waals surface area contributed by atoms with Gasteiger partial charge in [0.2, 0.25) is 10.0 Å². The van der Waals surface area contributed by atoms with E-state index in [0.29, 0.717) is 5.41 Å². The van der Waals surface area contributed by atoms with Gasteiger partial charge in [-0.05, 0) is 69.4 Å². The van der Waals surface area contributed by atoms with E-state index in [1.807, 2.05) is 0 Å². The Bertz CT molecular complexity index is 495. The lowest BCUT2D eigenvalue weighted by Gasteiger charge is -2.54. The summed E-state index contributed by atoms with van der Waals surface area (Å²) < 4.78 is 27.0. The number of nitrogens with one attached hydrogen (secondary N) is 2. The molecule has 4 fully saturated rings. The second-order valence-electron chi connectivity index (χ2n) is 8.16. The second-order valence-corrected chi connectivity index (χ2v) is 10.2. The normalized spacial score (nSPS) is 33.2. The molecule has 5 nitrogen and oxygen atoms in total. The van der Waals surface area contributed by atoms with Gasteiger partial charge in [-0.3, -0.25) is 0 Å². The smallest absolute Gasteiger partial charge is 0.214 e. The van der Waals surface area contributed by atoms with E-state index < -0.39 is 10.0 Å². The number of sulfonamides is 1. The second kappa shape index (κ2) is 5.72. The Kier molecular flexibility index (Phi) is 4.00. The molecule has 0 bridgehead atoms. The predicted octanol–water partition coefficient (Wildman–Crippen LogP) is 0.922. The van der Waals surface area contributed by atoms with Crippen LogP contribution < -0.4 is 10.0 Å². The van der Waals surface area contributed by atoms with E-state index >= 15 is 0 Å². The minimum absolute atomic E-state index is 0.0809. The molecule has 4 rings (SSSR count). The summed E-state index contributed by atoms with van der Waals surface area (Å²) in [6.45, 7) is 6.12. The van der Waals surface area contributed by atoms with E-state index in [1.54, 1.807) is 0 Å². The molecule has 4 aliphatic rings. The Balaban J connectivity index is 1.21. The first-order valence-corrected chi connectivity index (χ1v) is 10.5. The molecule has 6 heteroatoms. The Morgan fingerprint density at radius 1 is 1.09 bits per heavy atom. The third-order valence-electron chi connectivity index (χ3n) is 6.14. The topological polar surface area (TPSA) is 61.4 Å². The van der Waals surface area contributed by atoms with E-state index in [-0.39, 0.29) is 11.3 Å². The van der Waals surface area contributed by atoms with Crippen LogP contribution in [0.2, 0.25) is 0 Å². The molecule has 1 atom stereocenters. The third-order valence-corrected chi connectivity index (χ3v) is 8.15. The highest BCUT2D eigenvalue weighted by Crippen LogP contribution is 2.44. The molecule has 2 aliphatic heterocycles. The van der Waals surface area contributed by atoms with Crippen LogP contribution in [0.25, 0.3) is 0 Å². The van der Waals surface area contributed by atoms with Crippen molar-refractivity contribution in [2.75, 3.05) is 32.7 Å². The standard InChI is InChI=1S/C16H29N3O2S/c20-22(21,15-1-2-15)18-14-3-6-16(7-4-14)11-19(12-16)10-13-5-8-17-9-13/h13-15,17-18H,1-12H2/t13-/m0/s1. The lowest BCUT2D eigenvalue weighted by molar-refractivity contribution is -0.0387. The molecular formula is C16H29N3O2S. The number of hydrogen-bond donors (Lipinski definition) is 2. The van der Waals surface area contributed by atoms with E-state index in [0.717, 1.165) is 31.6 Å². The summed E-state index contributed by atoms with van der Waals surface area (Å²) in [7, 11) is -3.01. The van der Waals surface area contributed by atoms with Gasteiger partial charge in [0.1, 0.15) is 0 Å². The van der Waals surface area contributed by atoms with Crippen molar-refractivity contribution in [1.82, 2.24) is 14.9 Å². The monoisotopic (exact) mass is 327 g/mol. The quantitative estimate of drug-likeness (QED) is 0.788. The van der Waals surface area contributed by atoms with Crippen LogP contribution in [0.4, 0.5) is 0 Å². The van der Waals surface area contributed by atoms with Gasteiger partial charge in [-0.1, -0.05) is 0 Å². The van der Waals surface area contributed by atoms with Crippen molar-refractivity contribution in [3.63, 3.8) is 0 Å². The first-order chi connectivity index (χ1) is 10.5. The largest absolute Gasteiger partial charge is 0.316 e. The first kappa shape index (κ1) is 15.4. The molecule has 1 spiro atoms. The molecule has 0 amide bonds. The van der Waals surface area contributed by atoms with Gasteiger partial charge >= 0.3 is 0 Å². The maximum absolute atomic E-state index is 12.0. The first-order valence-electron chi connectivity index (χ1n) is 8.99. The van der Waals surface area contributed by atoms with Crippen LogP contribution in [-0.4, -0.2) is 57.3 Å². The van der Waals surface area contributed by atoms with E-state index in [4.69, 9.17) is 0 Å². The van der Waals surface area contributed by atoms with Crippen molar-refractivity contribution in [2.24, 2.45) is 11.3 Å². The Morgan fingerprint density at radius 2 is 1.82 bits per heavy atom. The Hall–Kier alpha value is -0.170. The average molecular weight is 327 g/mol. The van der Waals surface area contributed by atoms with E-state index in [9.17, 15) is 8.42 Å². The molecule has 0 aromatic rings. The molecule has 0 aromatic carbocycles. The molecule has 2 N–H and O–H groups in total.